The van der Waals surface area contributed by atoms with Crippen molar-refractivity contribution in [1.29, 1.82) is 0 Å². The summed E-state index contributed by atoms with van der Waals surface area (Å²) in [6.45, 7) is 1.66. The van der Waals surface area contributed by atoms with Crippen LogP contribution in [0.25, 0.3) is 0 Å². The maximum atomic E-state index is 10.9. The Hall–Kier alpha value is -1.27. The molecule has 0 amide bonds. The maximum Gasteiger partial charge on any atom is 0.210 e. The molecule has 0 unspecified atom stereocenters. The number of nitrogens with two attached hydrogens (primary N) is 1. The zero-order valence-corrected chi connectivity index (χ0v) is 9.61. The second kappa shape index (κ2) is 4.31. The van der Waals surface area contributed by atoms with Crippen molar-refractivity contribution in [3.63, 3.8) is 0 Å². The minimum atomic E-state index is -3.41. The summed E-state index contributed by atoms with van der Waals surface area (Å²) in [5.41, 5.74) is 0.928. The second-order valence-electron chi connectivity index (χ2n) is 3.67. The molecule has 1 aliphatic heterocycles. The molecule has 0 saturated heterocycles. The molecule has 5 nitrogen and oxygen atoms in total. The van der Waals surface area contributed by atoms with Crippen molar-refractivity contribution in [3.8, 4) is 5.75 Å². The van der Waals surface area contributed by atoms with Crippen LogP contribution in [0, 0.1) is 0 Å². The highest BCUT2D eigenvalue weighted by Crippen LogP contribution is 2.30. The Morgan fingerprint density at radius 1 is 1.38 bits per heavy atom. The lowest BCUT2D eigenvalue weighted by Gasteiger charge is -2.30. The quantitative estimate of drug-likeness (QED) is 0.820. The molecule has 0 atom stereocenters. The first-order chi connectivity index (χ1) is 7.56. The van der Waals surface area contributed by atoms with Crippen LogP contribution < -0.4 is 14.8 Å². The van der Waals surface area contributed by atoms with Gasteiger partial charge in [-0.2, -0.15) is 0 Å². The number of nitrogens with zero attached hydrogens (tertiary/aromatic N) is 1. The molecule has 0 aliphatic carbocycles. The molecule has 2 N–H and O–H groups in total. The van der Waals surface area contributed by atoms with E-state index in [2.05, 4.69) is 0 Å². The van der Waals surface area contributed by atoms with Gasteiger partial charge in [-0.1, -0.05) is 12.1 Å². The van der Waals surface area contributed by atoms with E-state index < -0.39 is 10.0 Å². The van der Waals surface area contributed by atoms with Crippen LogP contribution in [0.15, 0.2) is 24.3 Å². The van der Waals surface area contributed by atoms with Crippen molar-refractivity contribution in [3.05, 3.63) is 24.3 Å². The van der Waals surface area contributed by atoms with E-state index in [0.717, 1.165) is 11.4 Å². The molecule has 16 heavy (non-hydrogen) atoms. The summed E-state index contributed by atoms with van der Waals surface area (Å²) >= 11 is 0. The average molecular weight is 242 g/mol. The first-order valence-corrected chi connectivity index (χ1v) is 6.75. The Balaban J connectivity index is 2.13. The van der Waals surface area contributed by atoms with E-state index in [-0.39, 0.29) is 5.75 Å². The molecule has 88 valence electrons. The van der Waals surface area contributed by atoms with E-state index in [1.165, 1.54) is 0 Å². The fraction of sp³-hybridized carbons (Fsp3) is 0.400. The Morgan fingerprint density at radius 2 is 2.12 bits per heavy atom. The number of benzene rings is 1. The molecular formula is C10H14N2O3S. The van der Waals surface area contributed by atoms with Gasteiger partial charge in [0.15, 0.2) is 0 Å². The van der Waals surface area contributed by atoms with E-state index in [4.69, 9.17) is 9.88 Å². The second-order valence-corrected chi connectivity index (χ2v) is 5.40. The first kappa shape index (κ1) is 11.2. The number of primary sulfonamides is 1. The normalized spacial score (nSPS) is 15.4. The molecule has 0 aromatic heterocycles. The number of para-hydroxylation sites is 2. The van der Waals surface area contributed by atoms with Gasteiger partial charge < -0.3 is 9.64 Å². The van der Waals surface area contributed by atoms with Crippen LogP contribution in [0.5, 0.6) is 5.75 Å². The summed E-state index contributed by atoms with van der Waals surface area (Å²) < 4.78 is 27.3. The number of rotatable bonds is 3. The summed E-state index contributed by atoms with van der Waals surface area (Å²) in [4.78, 5) is 1.98. The summed E-state index contributed by atoms with van der Waals surface area (Å²) in [5, 5.41) is 4.99. The molecule has 0 bridgehead atoms. The largest absolute Gasteiger partial charge is 0.490 e. The van der Waals surface area contributed by atoms with Crippen molar-refractivity contribution in [2.45, 2.75) is 0 Å². The molecule has 0 radical (unpaired) electrons. The van der Waals surface area contributed by atoms with Crippen molar-refractivity contribution < 1.29 is 13.2 Å². The Morgan fingerprint density at radius 3 is 2.88 bits per heavy atom. The lowest BCUT2D eigenvalue weighted by atomic mass is 10.2. The average Bonchev–Trinajstić information content (AvgIpc) is 2.25. The van der Waals surface area contributed by atoms with Gasteiger partial charge in [0.1, 0.15) is 12.4 Å². The Kier molecular flexibility index (Phi) is 3.02. The topological polar surface area (TPSA) is 72.6 Å². The van der Waals surface area contributed by atoms with Gasteiger partial charge in [0, 0.05) is 6.54 Å². The highest BCUT2D eigenvalue weighted by molar-refractivity contribution is 7.89. The number of hydrogen-bond donors (Lipinski definition) is 1. The molecule has 2 rings (SSSR count). The van der Waals surface area contributed by atoms with Crippen molar-refractivity contribution in [2.75, 3.05) is 30.3 Å². The number of sulfonamides is 1. The van der Waals surface area contributed by atoms with Crippen molar-refractivity contribution in [2.24, 2.45) is 5.14 Å². The number of anilines is 1. The van der Waals surface area contributed by atoms with Crippen molar-refractivity contribution in [1.82, 2.24) is 0 Å². The van der Waals surface area contributed by atoms with Crippen LogP contribution in [0.2, 0.25) is 0 Å². The van der Waals surface area contributed by atoms with Crippen LogP contribution in [0.1, 0.15) is 0 Å². The van der Waals surface area contributed by atoms with Gasteiger partial charge in [0.25, 0.3) is 0 Å². The molecule has 1 aliphatic rings. The van der Waals surface area contributed by atoms with Gasteiger partial charge in [-0.05, 0) is 12.1 Å². The maximum absolute atomic E-state index is 10.9. The Labute approximate surface area is 94.9 Å². The van der Waals surface area contributed by atoms with E-state index in [1.54, 1.807) is 0 Å². The molecule has 6 heteroatoms. The third kappa shape index (κ3) is 2.65. The van der Waals surface area contributed by atoms with Crippen LogP contribution in [-0.4, -0.2) is 33.9 Å². The monoisotopic (exact) mass is 242 g/mol. The van der Waals surface area contributed by atoms with Gasteiger partial charge in [0.05, 0.1) is 18.0 Å². The van der Waals surface area contributed by atoms with Crippen molar-refractivity contribution >= 4 is 15.7 Å². The zero-order valence-electron chi connectivity index (χ0n) is 8.80. The predicted molar refractivity (Wildman–Crippen MR) is 62.1 cm³/mol. The zero-order chi connectivity index (χ0) is 11.6. The van der Waals surface area contributed by atoms with Crippen LogP contribution in [-0.2, 0) is 10.0 Å². The van der Waals surface area contributed by atoms with E-state index in [9.17, 15) is 8.42 Å². The fourth-order valence-electron chi connectivity index (χ4n) is 1.70. The molecule has 1 aromatic rings. The predicted octanol–water partition coefficient (Wildman–Crippen LogP) is 0.174. The number of ether oxygens (including phenoxy) is 1. The molecular weight excluding hydrogens is 228 g/mol. The van der Waals surface area contributed by atoms with Gasteiger partial charge in [-0.15, -0.1) is 0 Å². The van der Waals surface area contributed by atoms with Gasteiger partial charge in [-0.3, -0.25) is 0 Å². The number of fused-ring (bicyclic) bond motifs is 1. The van der Waals surface area contributed by atoms with Gasteiger partial charge in [-0.25, -0.2) is 13.6 Å². The van der Waals surface area contributed by atoms with E-state index >= 15 is 0 Å². The Bertz CT molecular complexity index is 473. The highest BCUT2D eigenvalue weighted by Gasteiger charge is 2.18. The van der Waals surface area contributed by atoms with Crippen LogP contribution in [0.4, 0.5) is 5.69 Å². The first-order valence-electron chi connectivity index (χ1n) is 5.03. The summed E-state index contributed by atoms with van der Waals surface area (Å²) in [6.07, 6.45) is 0. The summed E-state index contributed by atoms with van der Waals surface area (Å²) in [7, 11) is -3.41. The third-order valence-corrected chi connectivity index (χ3v) is 3.22. The van der Waals surface area contributed by atoms with Crippen LogP contribution in [0.3, 0.4) is 0 Å². The summed E-state index contributed by atoms with van der Waals surface area (Å²) in [5.74, 6) is 0.754. The lowest BCUT2D eigenvalue weighted by Crippen LogP contribution is -2.37. The van der Waals surface area contributed by atoms with E-state index in [0.29, 0.717) is 19.7 Å². The molecule has 1 heterocycles. The third-order valence-electron chi connectivity index (χ3n) is 2.47. The molecule has 0 fully saturated rings. The smallest absolute Gasteiger partial charge is 0.210 e. The van der Waals surface area contributed by atoms with Crippen LogP contribution >= 0.6 is 0 Å². The fourth-order valence-corrected chi connectivity index (χ4v) is 2.17. The summed E-state index contributed by atoms with van der Waals surface area (Å²) in [6, 6.07) is 7.58. The highest BCUT2D eigenvalue weighted by atomic mass is 32.2. The molecule has 1 aromatic carbocycles. The minimum absolute atomic E-state index is 0.0403. The lowest BCUT2D eigenvalue weighted by molar-refractivity contribution is 0.308. The van der Waals surface area contributed by atoms with Gasteiger partial charge in [0.2, 0.25) is 10.0 Å². The van der Waals surface area contributed by atoms with Gasteiger partial charge >= 0.3 is 0 Å². The number of hydrogen-bond acceptors (Lipinski definition) is 4. The molecule has 0 saturated carbocycles. The SMILES string of the molecule is NS(=O)(=O)CCN1CCOc2ccccc21. The molecule has 0 spiro atoms. The standard InChI is InChI=1S/C10H14N2O3S/c11-16(13,14)8-6-12-5-7-15-10-4-2-1-3-9(10)12/h1-4H,5-8H2,(H2,11,13,14). The van der Waals surface area contributed by atoms with E-state index in [1.807, 2.05) is 29.2 Å². The minimum Gasteiger partial charge on any atom is -0.490 e.